The lowest BCUT2D eigenvalue weighted by atomic mass is 10.1. The summed E-state index contributed by atoms with van der Waals surface area (Å²) in [4.78, 5) is 30.5. The molecule has 2 heterocycles. The molecule has 4 rings (SSSR count). The van der Waals surface area contributed by atoms with Crippen LogP contribution < -0.4 is 16.4 Å². The van der Waals surface area contributed by atoms with Gasteiger partial charge in [0.2, 0.25) is 5.95 Å². The van der Waals surface area contributed by atoms with Gasteiger partial charge in [-0.3, -0.25) is 25.0 Å². The SMILES string of the molecule is CCn1c(NNC(=O)c2sccc2-c2ccccc2)nc2ccccc2c1=O. The number of aromatic nitrogens is 2. The van der Waals surface area contributed by atoms with Gasteiger partial charge in [-0.05, 0) is 36.1 Å². The normalized spacial score (nSPS) is 10.8. The molecular formula is C21H18N4O2S. The lowest BCUT2D eigenvalue weighted by Gasteiger charge is -2.14. The van der Waals surface area contributed by atoms with Gasteiger partial charge in [-0.1, -0.05) is 42.5 Å². The van der Waals surface area contributed by atoms with Crippen LogP contribution in [0.15, 0.2) is 70.8 Å². The van der Waals surface area contributed by atoms with Gasteiger partial charge in [-0.15, -0.1) is 11.3 Å². The van der Waals surface area contributed by atoms with Gasteiger partial charge in [-0.2, -0.15) is 0 Å². The summed E-state index contributed by atoms with van der Waals surface area (Å²) in [5.74, 6) is 0.0243. The molecule has 2 aromatic carbocycles. The first kappa shape index (κ1) is 17.9. The average molecular weight is 390 g/mol. The van der Waals surface area contributed by atoms with Crippen molar-refractivity contribution in [2.45, 2.75) is 13.5 Å². The molecule has 2 N–H and O–H groups in total. The number of rotatable bonds is 5. The number of hydrazine groups is 1. The lowest BCUT2D eigenvalue weighted by Crippen LogP contribution is -2.34. The number of para-hydroxylation sites is 1. The van der Waals surface area contributed by atoms with Crippen molar-refractivity contribution in [2.24, 2.45) is 0 Å². The highest BCUT2D eigenvalue weighted by Crippen LogP contribution is 2.28. The molecule has 1 amide bonds. The molecule has 28 heavy (non-hydrogen) atoms. The number of thiophene rings is 1. The fourth-order valence-electron chi connectivity index (χ4n) is 3.06. The van der Waals surface area contributed by atoms with Gasteiger partial charge in [0, 0.05) is 12.1 Å². The van der Waals surface area contributed by atoms with Crippen molar-refractivity contribution >= 4 is 34.1 Å². The zero-order chi connectivity index (χ0) is 19.5. The minimum atomic E-state index is -0.279. The smallest absolute Gasteiger partial charge is 0.277 e. The third-order valence-corrected chi connectivity index (χ3v) is 5.34. The Morgan fingerprint density at radius 1 is 1.07 bits per heavy atom. The number of carbonyl (C=O) groups is 1. The first-order valence-corrected chi connectivity index (χ1v) is 9.76. The van der Waals surface area contributed by atoms with E-state index >= 15 is 0 Å². The topological polar surface area (TPSA) is 76.0 Å². The quantitative estimate of drug-likeness (QED) is 0.507. The van der Waals surface area contributed by atoms with Gasteiger partial charge in [0.1, 0.15) is 4.88 Å². The zero-order valence-corrected chi connectivity index (χ0v) is 16.0. The van der Waals surface area contributed by atoms with E-state index in [0.717, 1.165) is 11.1 Å². The molecule has 0 radical (unpaired) electrons. The average Bonchev–Trinajstić information content (AvgIpc) is 3.23. The molecule has 0 aliphatic carbocycles. The molecule has 0 atom stereocenters. The van der Waals surface area contributed by atoms with Crippen LogP contribution >= 0.6 is 11.3 Å². The Kier molecular flexibility index (Phi) is 4.90. The van der Waals surface area contributed by atoms with Crippen LogP contribution in [0.5, 0.6) is 0 Å². The molecule has 7 heteroatoms. The van der Waals surface area contributed by atoms with Gasteiger partial charge in [0.05, 0.1) is 10.9 Å². The van der Waals surface area contributed by atoms with Crippen LogP contribution in [0.4, 0.5) is 5.95 Å². The lowest BCUT2D eigenvalue weighted by molar-refractivity contribution is 0.0966. The van der Waals surface area contributed by atoms with Crippen molar-refractivity contribution in [2.75, 3.05) is 5.43 Å². The third-order valence-electron chi connectivity index (χ3n) is 4.42. The number of anilines is 1. The predicted molar refractivity (Wildman–Crippen MR) is 113 cm³/mol. The largest absolute Gasteiger partial charge is 0.280 e. The summed E-state index contributed by atoms with van der Waals surface area (Å²) < 4.78 is 1.50. The van der Waals surface area contributed by atoms with E-state index in [1.165, 1.54) is 15.9 Å². The summed E-state index contributed by atoms with van der Waals surface area (Å²) >= 11 is 1.36. The van der Waals surface area contributed by atoms with Gasteiger partial charge in [0.15, 0.2) is 0 Å². The van der Waals surface area contributed by atoms with Gasteiger partial charge < -0.3 is 0 Å². The van der Waals surface area contributed by atoms with Crippen LogP contribution in [0.3, 0.4) is 0 Å². The monoisotopic (exact) mass is 390 g/mol. The number of nitrogens with one attached hydrogen (secondary N) is 2. The van der Waals surface area contributed by atoms with E-state index in [1.54, 1.807) is 12.1 Å². The molecule has 0 saturated carbocycles. The van der Waals surface area contributed by atoms with E-state index in [4.69, 9.17) is 0 Å². The first-order valence-electron chi connectivity index (χ1n) is 8.88. The Bertz CT molecular complexity index is 1200. The van der Waals surface area contributed by atoms with Crippen LogP contribution in [0.2, 0.25) is 0 Å². The summed E-state index contributed by atoms with van der Waals surface area (Å²) in [6.07, 6.45) is 0. The summed E-state index contributed by atoms with van der Waals surface area (Å²) in [5.41, 5.74) is 7.77. The second-order valence-corrected chi connectivity index (χ2v) is 7.03. The molecule has 140 valence electrons. The number of fused-ring (bicyclic) bond motifs is 1. The highest BCUT2D eigenvalue weighted by atomic mass is 32.1. The molecule has 0 bridgehead atoms. The van der Waals surface area contributed by atoms with Gasteiger partial charge in [0.25, 0.3) is 11.5 Å². The highest BCUT2D eigenvalue weighted by Gasteiger charge is 2.16. The maximum absolute atomic E-state index is 12.7. The molecule has 0 aliphatic heterocycles. The summed E-state index contributed by atoms with van der Waals surface area (Å²) in [6, 6.07) is 18.8. The highest BCUT2D eigenvalue weighted by molar-refractivity contribution is 7.12. The second kappa shape index (κ2) is 7.66. The Morgan fingerprint density at radius 3 is 2.61 bits per heavy atom. The van der Waals surface area contributed by atoms with E-state index in [0.29, 0.717) is 28.3 Å². The molecule has 2 aromatic heterocycles. The Labute approximate surface area is 165 Å². The molecule has 0 saturated heterocycles. The van der Waals surface area contributed by atoms with E-state index < -0.39 is 0 Å². The molecule has 0 spiro atoms. The van der Waals surface area contributed by atoms with Crippen molar-refractivity contribution in [1.82, 2.24) is 15.0 Å². The number of nitrogens with zero attached hydrogens (tertiary/aromatic N) is 2. The Balaban J connectivity index is 1.62. The van der Waals surface area contributed by atoms with Crippen molar-refractivity contribution in [3.63, 3.8) is 0 Å². The third kappa shape index (κ3) is 3.27. The van der Waals surface area contributed by atoms with E-state index in [2.05, 4.69) is 15.8 Å². The van der Waals surface area contributed by atoms with E-state index in [9.17, 15) is 9.59 Å². The maximum atomic E-state index is 12.7. The Morgan fingerprint density at radius 2 is 1.82 bits per heavy atom. The van der Waals surface area contributed by atoms with Gasteiger partial charge in [-0.25, -0.2) is 4.98 Å². The first-order chi connectivity index (χ1) is 13.7. The standard InChI is InChI=1S/C21H18N4O2S/c1-2-25-20(27)16-10-6-7-11-17(16)22-21(25)24-23-19(26)18-15(12-13-28-18)14-8-4-3-5-9-14/h3-13H,2H2,1H3,(H,22,24)(H,23,26). The fraction of sp³-hybridized carbons (Fsp3) is 0.0952. The minimum absolute atomic E-state index is 0.147. The van der Waals surface area contributed by atoms with Crippen LogP contribution in [-0.2, 0) is 6.54 Å². The van der Waals surface area contributed by atoms with Crippen molar-refractivity contribution < 1.29 is 4.79 Å². The van der Waals surface area contributed by atoms with Crippen LogP contribution in [0.25, 0.3) is 22.0 Å². The fourth-order valence-corrected chi connectivity index (χ4v) is 3.87. The number of hydrogen-bond donors (Lipinski definition) is 2. The number of benzene rings is 2. The second-order valence-electron chi connectivity index (χ2n) is 6.11. The summed E-state index contributed by atoms with van der Waals surface area (Å²) in [7, 11) is 0. The van der Waals surface area contributed by atoms with Crippen LogP contribution in [-0.4, -0.2) is 15.5 Å². The van der Waals surface area contributed by atoms with Crippen LogP contribution in [0.1, 0.15) is 16.6 Å². The molecule has 0 aliphatic rings. The van der Waals surface area contributed by atoms with Crippen molar-refractivity contribution in [3.8, 4) is 11.1 Å². The number of hydrogen-bond acceptors (Lipinski definition) is 5. The molecule has 0 fully saturated rings. The van der Waals surface area contributed by atoms with E-state index in [-0.39, 0.29) is 11.5 Å². The van der Waals surface area contributed by atoms with E-state index in [1.807, 2.05) is 60.8 Å². The van der Waals surface area contributed by atoms with Crippen molar-refractivity contribution in [1.29, 1.82) is 0 Å². The van der Waals surface area contributed by atoms with Crippen molar-refractivity contribution in [3.05, 3.63) is 81.3 Å². The maximum Gasteiger partial charge on any atom is 0.280 e. The van der Waals surface area contributed by atoms with Crippen LogP contribution in [0, 0.1) is 0 Å². The summed E-state index contributed by atoms with van der Waals surface area (Å²) in [6.45, 7) is 2.29. The van der Waals surface area contributed by atoms with Gasteiger partial charge >= 0.3 is 0 Å². The molecule has 4 aromatic rings. The molecule has 0 unspecified atom stereocenters. The summed E-state index contributed by atoms with van der Waals surface area (Å²) in [5, 5.41) is 2.43. The molecule has 6 nitrogen and oxygen atoms in total. The predicted octanol–water partition coefficient (Wildman–Crippen LogP) is 3.90. The zero-order valence-electron chi connectivity index (χ0n) is 15.2. The number of amides is 1. The Hall–Kier alpha value is -3.45. The minimum Gasteiger partial charge on any atom is -0.277 e. The molecular weight excluding hydrogens is 372 g/mol. The number of carbonyl (C=O) groups excluding carboxylic acids is 1.